The Hall–Kier alpha value is -0.950. The van der Waals surface area contributed by atoms with E-state index in [2.05, 4.69) is 71.9 Å². The number of hydrogen-bond acceptors (Lipinski definition) is 0. The number of fused-ring (bicyclic) bond motifs is 2. The Labute approximate surface area is 178 Å². The number of rotatable bonds is 2. The van der Waals surface area contributed by atoms with Crippen LogP contribution < -0.4 is 0 Å². The maximum Gasteiger partial charge on any atom is 0 e. The van der Waals surface area contributed by atoms with Gasteiger partial charge in [0.15, 0.2) is 0 Å². The summed E-state index contributed by atoms with van der Waals surface area (Å²) >= 11 is 0. The normalized spacial score (nSPS) is 12.7. The molecule has 0 fully saturated rings. The van der Waals surface area contributed by atoms with Crippen LogP contribution in [0.15, 0.2) is 30.3 Å². The van der Waals surface area contributed by atoms with Crippen molar-refractivity contribution in [2.45, 2.75) is 67.2 Å². The van der Waals surface area contributed by atoms with E-state index in [4.69, 9.17) is 0 Å². The molecule has 0 nitrogen and oxygen atoms in total. The minimum absolute atomic E-state index is 0. The molecule has 3 aromatic rings. The van der Waals surface area contributed by atoms with E-state index in [0.717, 1.165) is 5.92 Å². The zero-order valence-electron chi connectivity index (χ0n) is 17.3. The summed E-state index contributed by atoms with van der Waals surface area (Å²) in [5.74, 6) is 0.749. The first-order chi connectivity index (χ1) is 11.9. The van der Waals surface area contributed by atoms with E-state index in [1.807, 2.05) is 0 Å². The molecule has 0 saturated heterocycles. The molecule has 0 spiro atoms. The summed E-state index contributed by atoms with van der Waals surface area (Å²) < 4.78 is 0. The molecule has 0 heterocycles. The minimum Gasteiger partial charge on any atom is -0.196 e. The zero-order valence-corrected chi connectivity index (χ0v) is 20.9. The van der Waals surface area contributed by atoms with E-state index in [9.17, 15) is 0 Å². The van der Waals surface area contributed by atoms with E-state index in [0.29, 0.717) is 0 Å². The maximum atomic E-state index is 2.45. The van der Waals surface area contributed by atoms with Gasteiger partial charge in [0.05, 0.1) is 0 Å². The van der Waals surface area contributed by atoms with Crippen molar-refractivity contribution in [2.75, 3.05) is 0 Å². The van der Waals surface area contributed by atoms with Gasteiger partial charge in [0.1, 0.15) is 0 Å². The van der Waals surface area contributed by atoms with Crippen molar-refractivity contribution >= 4 is 10.8 Å². The number of benzene rings is 1. The smallest absolute Gasteiger partial charge is 0 e. The Morgan fingerprint density at radius 1 is 0.962 bits per heavy atom. The van der Waals surface area contributed by atoms with Gasteiger partial charge in [-0.3, -0.25) is 0 Å². The summed E-state index contributed by atoms with van der Waals surface area (Å²) in [4.78, 5) is 0. The Balaban J connectivity index is 0.000000210. The fourth-order valence-corrected chi connectivity index (χ4v) is 4.09. The van der Waals surface area contributed by atoms with Crippen LogP contribution in [0.1, 0.15) is 59.2 Å². The molecule has 0 aromatic heterocycles. The fourth-order valence-electron chi connectivity index (χ4n) is 4.09. The molecule has 1 aliphatic rings. The molecule has 26 heavy (non-hydrogen) atoms. The summed E-state index contributed by atoms with van der Waals surface area (Å²) in [6.07, 6.45) is 5.14. The Morgan fingerprint density at radius 2 is 1.54 bits per heavy atom. The van der Waals surface area contributed by atoms with Crippen molar-refractivity contribution in [1.82, 2.24) is 0 Å². The first-order valence-corrected chi connectivity index (χ1v) is 9.77. The molecule has 0 N–H and O–H groups in total. The number of aryl methyl sites for hydroxylation is 4. The van der Waals surface area contributed by atoms with Crippen LogP contribution >= 0.6 is 0 Å². The van der Waals surface area contributed by atoms with Crippen molar-refractivity contribution in [1.29, 1.82) is 0 Å². The molecule has 0 bridgehead atoms. The second kappa shape index (κ2) is 8.83. The van der Waals surface area contributed by atoms with Gasteiger partial charge in [0, 0.05) is 25.8 Å². The quantitative estimate of drug-likeness (QED) is 0.260. The van der Waals surface area contributed by atoms with Crippen LogP contribution in [-0.4, -0.2) is 0 Å². The molecule has 0 unspecified atom stereocenters. The largest absolute Gasteiger partial charge is 0.196 e. The van der Waals surface area contributed by atoms with Crippen LogP contribution in [0.4, 0.5) is 0 Å². The van der Waals surface area contributed by atoms with Crippen molar-refractivity contribution in [3.63, 3.8) is 0 Å². The van der Waals surface area contributed by atoms with Crippen LogP contribution in [0, 0.1) is 33.6 Å². The van der Waals surface area contributed by atoms with Crippen molar-refractivity contribution < 1.29 is 25.8 Å². The van der Waals surface area contributed by atoms with Gasteiger partial charge in [0.2, 0.25) is 0 Å². The second-order valence-electron chi connectivity index (χ2n) is 8.28. The van der Waals surface area contributed by atoms with Crippen LogP contribution in [0.25, 0.3) is 10.8 Å². The summed E-state index contributed by atoms with van der Waals surface area (Å²) in [6.45, 7) is 13.3. The Kier molecular flexibility index (Phi) is 7.25. The molecular formula is C25H32Hf-2. The summed E-state index contributed by atoms with van der Waals surface area (Å²) in [6, 6.07) is 11.7. The van der Waals surface area contributed by atoms with Crippen LogP contribution in [0.2, 0.25) is 0 Å². The standard InChI is InChI=1S/C16H19.C9H13.Hf/c1-11(2)8-14-6-7-15-9-12-4-3-5-13(12)10-16(14)15;1-6-5-7(2)9(4)8(6)3;/h6-7,9-11H,3-5,8H2,1-2H3;5H,1-4H3;/q2*-1;. The van der Waals surface area contributed by atoms with E-state index < -0.39 is 0 Å². The molecule has 0 radical (unpaired) electrons. The first-order valence-electron chi connectivity index (χ1n) is 9.77. The molecule has 0 amide bonds. The molecule has 3 aromatic carbocycles. The fraction of sp³-hybridized carbons (Fsp3) is 0.440. The van der Waals surface area contributed by atoms with Gasteiger partial charge in [-0.15, -0.1) is 34.5 Å². The maximum absolute atomic E-state index is 2.45. The summed E-state index contributed by atoms with van der Waals surface area (Å²) in [7, 11) is 0. The minimum atomic E-state index is 0. The molecular weight excluding hydrogens is 479 g/mol. The summed E-state index contributed by atoms with van der Waals surface area (Å²) in [5.41, 5.74) is 10.5. The molecule has 138 valence electrons. The predicted octanol–water partition coefficient (Wildman–Crippen LogP) is 6.88. The Morgan fingerprint density at radius 3 is 2.04 bits per heavy atom. The Bertz CT molecular complexity index is 851. The van der Waals surface area contributed by atoms with Gasteiger partial charge in [-0.1, -0.05) is 65.0 Å². The van der Waals surface area contributed by atoms with Gasteiger partial charge < -0.3 is 0 Å². The average molecular weight is 511 g/mol. The molecule has 0 saturated carbocycles. The van der Waals surface area contributed by atoms with Crippen molar-refractivity contribution in [2.24, 2.45) is 5.92 Å². The topological polar surface area (TPSA) is 0 Å². The first kappa shape index (κ1) is 21.4. The molecule has 0 atom stereocenters. The summed E-state index contributed by atoms with van der Waals surface area (Å²) in [5, 5.41) is 2.96. The van der Waals surface area contributed by atoms with Gasteiger partial charge in [-0.25, -0.2) is 0 Å². The average Bonchev–Trinajstić information content (AvgIpc) is 3.22. The predicted molar refractivity (Wildman–Crippen MR) is 111 cm³/mol. The van der Waals surface area contributed by atoms with Gasteiger partial charge in [-0.05, 0) is 19.3 Å². The number of hydrogen-bond donors (Lipinski definition) is 0. The second-order valence-corrected chi connectivity index (χ2v) is 8.28. The third-order valence-electron chi connectivity index (χ3n) is 5.88. The van der Waals surface area contributed by atoms with E-state index in [1.165, 1.54) is 58.7 Å². The van der Waals surface area contributed by atoms with Gasteiger partial charge in [-0.2, -0.15) is 34.4 Å². The zero-order chi connectivity index (χ0) is 18.1. The molecule has 1 heteroatoms. The van der Waals surface area contributed by atoms with E-state index in [-0.39, 0.29) is 25.8 Å². The SMILES string of the molecule is CC(C)C[c-]1ccc2cc3c(cc21)CCC3.Cc1[cH-]c(C)c(C)c1C.[Hf]. The molecule has 0 aliphatic heterocycles. The van der Waals surface area contributed by atoms with E-state index >= 15 is 0 Å². The van der Waals surface area contributed by atoms with Crippen molar-refractivity contribution in [3.05, 3.63) is 69.3 Å². The monoisotopic (exact) mass is 512 g/mol. The van der Waals surface area contributed by atoms with Crippen molar-refractivity contribution in [3.8, 4) is 0 Å². The molecule has 4 rings (SSSR count). The van der Waals surface area contributed by atoms with Crippen LogP contribution in [0.5, 0.6) is 0 Å². The third-order valence-corrected chi connectivity index (χ3v) is 5.88. The van der Waals surface area contributed by atoms with Crippen LogP contribution in [0.3, 0.4) is 0 Å². The van der Waals surface area contributed by atoms with Gasteiger partial charge >= 0.3 is 0 Å². The van der Waals surface area contributed by atoms with E-state index in [1.54, 1.807) is 16.7 Å². The molecule has 1 aliphatic carbocycles. The van der Waals surface area contributed by atoms with Crippen LogP contribution in [-0.2, 0) is 45.1 Å². The van der Waals surface area contributed by atoms with Gasteiger partial charge in [0.25, 0.3) is 0 Å². The third kappa shape index (κ3) is 4.47.